The lowest BCUT2D eigenvalue weighted by atomic mass is 10.1. The molecule has 1 rings (SSSR count). The third kappa shape index (κ3) is 4.67. The van der Waals surface area contributed by atoms with Gasteiger partial charge in [0.25, 0.3) is 0 Å². The number of halogens is 1. The van der Waals surface area contributed by atoms with Crippen LogP contribution in [0.5, 0.6) is 11.5 Å². The zero-order chi connectivity index (χ0) is 14.5. The van der Waals surface area contributed by atoms with Crippen molar-refractivity contribution in [2.75, 3.05) is 20.3 Å². The van der Waals surface area contributed by atoms with Gasteiger partial charge in [-0.3, -0.25) is 0 Å². The maximum atomic E-state index is 9.24. The summed E-state index contributed by atoms with van der Waals surface area (Å²) in [5.74, 6) is 1.44. The molecule has 0 unspecified atom stereocenters. The minimum absolute atomic E-state index is 0.0824. The first kappa shape index (κ1) is 16.3. The summed E-state index contributed by atoms with van der Waals surface area (Å²) in [6.45, 7) is 7.15. The molecule has 0 aromatic heterocycles. The lowest BCUT2D eigenvalue weighted by Crippen LogP contribution is -2.42. The number of aliphatic hydroxyl groups excluding tert-OH is 1. The van der Waals surface area contributed by atoms with Crippen molar-refractivity contribution in [3.05, 3.63) is 22.2 Å². The molecule has 0 aliphatic carbocycles. The third-order valence-corrected chi connectivity index (χ3v) is 3.52. The summed E-state index contributed by atoms with van der Waals surface area (Å²) in [6, 6.07) is 3.85. The first-order chi connectivity index (χ1) is 8.93. The monoisotopic (exact) mass is 331 g/mol. The van der Waals surface area contributed by atoms with E-state index in [-0.39, 0.29) is 12.1 Å². The van der Waals surface area contributed by atoms with E-state index in [4.69, 9.17) is 9.47 Å². The lowest BCUT2D eigenvalue weighted by Gasteiger charge is -2.24. The first-order valence-corrected chi connectivity index (χ1v) is 7.08. The van der Waals surface area contributed by atoms with Crippen molar-refractivity contribution in [2.24, 2.45) is 0 Å². The lowest BCUT2D eigenvalue weighted by molar-refractivity contribution is 0.187. The summed E-state index contributed by atoms with van der Waals surface area (Å²) in [7, 11) is 1.62. The molecular formula is C14H22BrNO3. The molecule has 108 valence electrons. The number of aliphatic hydroxyl groups is 1. The average molecular weight is 332 g/mol. The highest BCUT2D eigenvalue weighted by Crippen LogP contribution is 2.33. The molecule has 0 saturated carbocycles. The van der Waals surface area contributed by atoms with Crippen molar-refractivity contribution in [1.29, 1.82) is 0 Å². The summed E-state index contributed by atoms with van der Waals surface area (Å²) >= 11 is 3.52. The standard InChI is InChI=1S/C14H22BrNO3/c1-5-19-13-6-10(8-16-14(2,3)9-17)11(15)7-12(13)18-4/h6-7,16-17H,5,8-9H2,1-4H3. The highest BCUT2D eigenvalue weighted by Gasteiger charge is 2.17. The zero-order valence-electron chi connectivity index (χ0n) is 11.9. The molecule has 0 spiro atoms. The van der Waals surface area contributed by atoms with Gasteiger partial charge in [-0.1, -0.05) is 15.9 Å². The number of rotatable bonds is 7. The van der Waals surface area contributed by atoms with Crippen LogP contribution in [0.1, 0.15) is 26.3 Å². The SMILES string of the molecule is CCOc1cc(CNC(C)(C)CO)c(Br)cc1OC. The molecule has 5 heteroatoms. The molecule has 0 amide bonds. The Morgan fingerprint density at radius 3 is 2.53 bits per heavy atom. The second-order valence-electron chi connectivity index (χ2n) is 4.92. The normalized spacial score (nSPS) is 11.5. The van der Waals surface area contributed by atoms with Gasteiger partial charge in [0.05, 0.1) is 20.3 Å². The molecule has 2 N–H and O–H groups in total. The average Bonchev–Trinajstić information content (AvgIpc) is 2.39. The molecular weight excluding hydrogens is 310 g/mol. The summed E-state index contributed by atoms with van der Waals surface area (Å²) in [4.78, 5) is 0. The van der Waals surface area contributed by atoms with E-state index in [9.17, 15) is 5.11 Å². The van der Waals surface area contributed by atoms with Crippen LogP contribution in [0, 0.1) is 0 Å². The van der Waals surface area contributed by atoms with Crippen molar-refractivity contribution in [1.82, 2.24) is 5.32 Å². The van der Waals surface area contributed by atoms with Crippen molar-refractivity contribution in [3.63, 3.8) is 0 Å². The number of hydrogen-bond donors (Lipinski definition) is 2. The van der Waals surface area contributed by atoms with Crippen molar-refractivity contribution >= 4 is 15.9 Å². The minimum atomic E-state index is -0.314. The highest BCUT2D eigenvalue weighted by molar-refractivity contribution is 9.10. The van der Waals surface area contributed by atoms with E-state index in [1.54, 1.807) is 7.11 Å². The minimum Gasteiger partial charge on any atom is -0.493 e. The maximum Gasteiger partial charge on any atom is 0.161 e. The Hall–Kier alpha value is -0.780. The quantitative estimate of drug-likeness (QED) is 0.806. The van der Waals surface area contributed by atoms with Gasteiger partial charge in [-0.15, -0.1) is 0 Å². The van der Waals surface area contributed by atoms with E-state index in [1.807, 2.05) is 32.9 Å². The van der Waals surface area contributed by atoms with Gasteiger partial charge in [0, 0.05) is 16.6 Å². The Labute approximate surface area is 123 Å². The smallest absolute Gasteiger partial charge is 0.161 e. The fraction of sp³-hybridized carbons (Fsp3) is 0.571. The van der Waals surface area contributed by atoms with E-state index in [0.717, 1.165) is 15.8 Å². The van der Waals surface area contributed by atoms with Gasteiger partial charge in [-0.25, -0.2) is 0 Å². The number of benzene rings is 1. The fourth-order valence-corrected chi connectivity index (χ4v) is 1.99. The van der Waals surface area contributed by atoms with Crippen molar-refractivity contribution in [3.8, 4) is 11.5 Å². The number of methoxy groups -OCH3 is 1. The number of ether oxygens (including phenoxy) is 2. The van der Waals surface area contributed by atoms with Gasteiger partial charge in [-0.05, 0) is 38.5 Å². The number of hydrogen-bond acceptors (Lipinski definition) is 4. The summed E-state index contributed by atoms with van der Waals surface area (Å²) < 4.78 is 11.8. The Morgan fingerprint density at radius 2 is 2.00 bits per heavy atom. The van der Waals surface area contributed by atoms with Crippen LogP contribution in [-0.2, 0) is 6.54 Å². The topological polar surface area (TPSA) is 50.7 Å². The van der Waals surface area contributed by atoms with Crippen LogP contribution in [-0.4, -0.2) is 31.0 Å². The van der Waals surface area contributed by atoms with Gasteiger partial charge >= 0.3 is 0 Å². The molecule has 0 aliphatic heterocycles. The molecule has 4 nitrogen and oxygen atoms in total. The molecule has 0 bridgehead atoms. The molecule has 1 aromatic carbocycles. The molecule has 0 radical (unpaired) electrons. The van der Waals surface area contributed by atoms with E-state index in [2.05, 4.69) is 21.2 Å². The van der Waals surface area contributed by atoms with Gasteiger partial charge in [-0.2, -0.15) is 0 Å². The predicted molar refractivity (Wildman–Crippen MR) is 79.9 cm³/mol. The van der Waals surface area contributed by atoms with Crippen LogP contribution in [0.15, 0.2) is 16.6 Å². The van der Waals surface area contributed by atoms with Gasteiger partial charge in [0.1, 0.15) is 0 Å². The summed E-state index contributed by atoms with van der Waals surface area (Å²) in [6.07, 6.45) is 0. The molecule has 1 aromatic rings. The second-order valence-corrected chi connectivity index (χ2v) is 5.78. The fourth-order valence-electron chi connectivity index (χ4n) is 1.53. The van der Waals surface area contributed by atoms with E-state index in [0.29, 0.717) is 18.9 Å². The largest absolute Gasteiger partial charge is 0.493 e. The Bertz CT molecular complexity index is 421. The molecule has 0 saturated heterocycles. The Kier molecular flexibility index (Phi) is 6.10. The zero-order valence-corrected chi connectivity index (χ0v) is 13.5. The maximum absolute atomic E-state index is 9.24. The van der Waals surface area contributed by atoms with Crippen LogP contribution in [0.3, 0.4) is 0 Å². The van der Waals surface area contributed by atoms with Crippen molar-refractivity contribution < 1.29 is 14.6 Å². The van der Waals surface area contributed by atoms with Gasteiger partial charge in [0.15, 0.2) is 11.5 Å². The summed E-state index contributed by atoms with van der Waals surface area (Å²) in [5.41, 5.74) is 0.747. The van der Waals surface area contributed by atoms with Crippen molar-refractivity contribution in [2.45, 2.75) is 32.9 Å². The van der Waals surface area contributed by atoms with E-state index in [1.165, 1.54) is 0 Å². The number of nitrogens with one attached hydrogen (secondary N) is 1. The Morgan fingerprint density at radius 1 is 1.32 bits per heavy atom. The van der Waals surface area contributed by atoms with Gasteiger partial charge in [0.2, 0.25) is 0 Å². The molecule has 0 fully saturated rings. The van der Waals surface area contributed by atoms with Crippen LogP contribution >= 0.6 is 15.9 Å². The Balaban J connectivity index is 2.92. The van der Waals surface area contributed by atoms with Gasteiger partial charge < -0.3 is 19.9 Å². The van der Waals surface area contributed by atoms with E-state index < -0.39 is 0 Å². The first-order valence-electron chi connectivity index (χ1n) is 6.28. The summed E-state index contributed by atoms with van der Waals surface area (Å²) in [5, 5.41) is 12.5. The third-order valence-electron chi connectivity index (χ3n) is 2.79. The van der Waals surface area contributed by atoms with Crippen LogP contribution < -0.4 is 14.8 Å². The molecule has 0 atom stereocenters. The second kappa shape index (κ2) is 7.12. The van der Waals surface area contributed by atoms with Crippen LogP contribution in [0.25, 0.3) is 0 Å². The predicted octanol–water partition coefficient (Wildman–Crippen LogP) is 2.72. The highest BCUT2D eigenvalue weighted by atomic mass is 79.9. The molecule has 19 heavy (non-hydrogen) atoms. The molecule has 0 aliphatic rings. The van der Waals surface area contributed by atoms with Crippen LogP contribution in [0.4, 0.5) is 0 Å². The van der Waals surface area contributed by atoms with Crippen LogP contribution in [0.2, 0.25) is 0 Å². The van der Waals surface area contributed by atoms with E-state index >= 15 is 0 Å². The molecule has 0 heterocycles.